The summed E-state index contributed by atoms with van der Waals surface area (Å²) in [5.41, 5.74) is 0.715. The van der Waals surface area contributed by atoms with Gasteiger partial charge in [0.25, 0.3) is 0 Å². The van der Waals surface area contributed by atoms with Crippen molar-refractivity contribution in [2.75, 3.05) is 26.4 Å². The third kappa shape index (κ3) is 4.01. The highest BCUT2D eigenvalue weighted by Crippen LogP contribution is 2.45. The van der Waals surface area contributed by atoms with Crippen LogP contribution in [0.3, 0.4) is 0 Å². The molecule has 5 nitrogen and oxygen atoms in total. The van der Waals surface area contributed by atoms with E-state index in [1.165, 1.54) is 12.7 Å². The molecule has 1 heterocycles. The van der Waals surface area contributed by atoms with Gasteiger partial charge in [0.1, 0.15) is 0 Å². The van der Waals surface area contributed by atoms with Crippen LogP contribution >= 0.6 is 12.4 Å². The number of sulfone groups is 1. The van der Waals surface area contributed by atoms with Gasteiger partial charge in [-0.05, 0) is 43.0 Å². The molecule has 1 aromatic carbocycles. The predicted molar refractivity (Wildman–Crippen MR) is 101 cm³/mol. The molecule has 7 heteroatoms. The first-order valence-corrected chi connectivity index (χ1v) is 10.5. The van der Waals surface area contributed by atoms with Crippen LogP contribution < -0.4 is 5.32 Å². The Bertz CT molecular complexity index is 720. The molecule has 1 aromatic rings. The molecule has 25 heavy (non-hydrogen) atoms. The monoisotopic (exact) mass is 386 g/mol. The van der Waals surface area contributed by atoms with E-state index in [-0.39, 0.29) is 23.7 Å². The molecule has 1 saturated heterocycles. The average molecular weight is 387 g/mol. The van der Waals surface area contributed by atoms with Crippen molar-refractivity contribution in [2.24, 2.45) is 11.3 Å². The summed E-state index contributed by atoms with van der Waals surface area (Å²) in [6, 6.07) is 6.82. The molecule has 1 aliphatic carbocycles. The van der Waals surface area contributed by atoms with Crippen LogP contribution in [0, 0.1) is 11.3 Å². The van der Waals surface area contributed by atoms with E-state index in [0.717, 1.165) is 37.9 Å². The maximum absolute atomic E-state index is 13.1. The molecule has 0 unspecified atom stereocenters. The van der Waals surface area contributed by atoms with E-state index in [4.69, 9.17) is 0 Å². The second kappa shape index (κ2) is 7.64. The molecule has 0 radical (unpaired) electrons. The summed E-state index contributed by atoms with van der Waals surface area (Å²) < 4.78 is 23.1. The Hall–Kier alpha value is -1.11. The van der Waals surface area contributed by atoms with E-state index in [2.05, 4.69) is 5.32 Å². The van der Waals surface area contributed by atoms with Crippen LogP contribution in [0.2, 0.25) is 0 Å². The van der Waals surface area contributed by atoms with Crippen molar-refractivity contribution in [2.45, 2.75) is 37.1 Å². The SMILES string of the molecule is CN(Cc1ccc(S(C)(=O)=O)cc1)C(=O)[C@@]12CCCC[C@H]1CNC2.Cl. The molecule has 0 aromatic heterocycles. The van der Waals surface area contributed by atoms with Gasteiger partial charge in [-0.15, -0.1) is 12.4 Å². The Morgan fingerprint density at radius 2 is 1.96 bits per heavy atom. The van der Waals surface area contributed by atoms with E-state index in [1.807, 2.05) is 7.05 Å². The first-order chi connectivity index (χ1) is 11.3. The minimum absolute atomic E-state index is 0. The number of carbonyl (C=O) groups is 1. The fourth-order valence-electron chi connectivity index (χ4n) is 4.24. The number of carbonyl (C=O) groups excluding carboxylic acids is 1. The summed E-state index contributed by atoms with van der Waals surface area (Å²) in [5.74, 6) is 0.679. The zero-order valence-corrected chi connectivity index (χ0v) is 16.5. The molecule has 2 fully saturated rings. The first kappa shape index (κ1) is 20.2. The van der Waals surface area contributed by atoms with Gasteiger partial charge in [-0.2, -0.15) is 0 Å². The smallest absolute Gasteiger partial charge is 0.230 e. The highest BCUT2D eigenvalue weighted by molar-refractivity contribution is 7.90. The Balaban J connectivity index is 0.00000225. The fourth-order valence-corrected chi connectivity index (χ4v) is 4.87. The summed E-state index contributed by atoms with van der Waals surface area (Å²) in [6.07, 6.45) is 5.66. The normalized spacial score (nSPS) is 25.8. The second-order valence-electron chi connectivity index (χ2n) is 7.31. The number of rotatable bonds is 4. The van der Waals surface area contributed by atoms with E-state index >= 15 is 0 Å². The Morgan fingerprint density at radius 3 is 2.60 bits per heavy atom. The van der Waals surface area contributed by atoms with Gasteiger partial charge in [0.2, 0.25) is 5.91 Å². The highest BCUT2D eigenvalue weighted by atomic mass is 35.5. The van der Waals surface area contributed by atoms with E-state index in [9.17, 15) is 13.2 Å². The molecule has 1 N–H and O–H groups in total. The zero-order chi connectivity index (χ0) is 17.4. The van der Waals surface area contributed by atoms with Gasteiger partial charge in [0.05, 0.1) is 10.3 Å². The van der Waals surface area contributed by atoms with Crippen LogP contribution in [0.5, 0.6) is 0 Å². The van der Waals surface area contributed by atoms with Gasteiger partial charge < -0.3 is 10.2 Å². The number of halogens is 1. The lowest BCUT2D eigenvalue weighted by molar-refractivity contribution is -0.144. The Morgan fingerprint density at radius 1 is 1.28 bits per heavy atom. The molecule has 1 amide bonds. The molecular weight excluding hydrogens is 360 g/mol. The van der Waals surface area contributed by atoms with Crippen molar-refractivity contribution in [1.29, 1.82) is 0 Å². The molecule has 0 bridgehead atoms. The Labute approximate surface area is 156 Å². The number of nitrogens with one attached hydrogen (secondary N) is 1. The highest BCUT2D eigenvalue weighted by Gasteiger charge is 2.50. The molecule has 140 valence electrons. The number of benzene rings is 1. The van der Waals surface area contributed by atoms with Crippen LogP contribution in [0.4, 0.5) is 0 Å². The zero-order valence-electron chi connectivity index (χ0n) is 14.8. The molecule has 3 rings (SSSR count). The minimum Gasteiger partial charge on any atom is -0.341 e. The predicted octanol–water partition coefficient (Wildman–Crippen LogP) is 2.25. The Kier molecular flexibility index (Phi) is 6.17. The molecule has 1 aliphatic heterocycles. The molecule has 0 spiro atoms. The van der Waals surface area contributed by atoms with Crippen molar-refractivity contribution in [1.82, 2.24) is 10.2 Å². The van der Waals surface area contributed by atoms with Gasteiger partial charge in [-0.3, -0.25) is 4.79 Å². The van der Waals surface area contributed by atoms with Gasteiger partial charge in [-0.1, -0.05) is 25.0 Å². The lowest BCUT2D eigenvalue weighted by Crippen LogP contribution is -2.48. The van der Waals surface area contributed by atoms with Crippen molar-refractivity contribution in [3.8, 4) is 0 Å². The van der Waals surface area contributed by atoms with E-state index < -0.39 is 9.84 Å². The first-order valence-electron chi connectivity index (χ1n) is 8.58. The molecule has 1 saturated carbocycles. The number of hydrogen-bond acceptors (Lipinski definition) is 4. The van der Waals surface area contributed by atoms with E-state index in [1.54, 1.807) is 29.2 Å². The van der Waals surface area contributed by atoms with Crippen LogP contribution in [0.1, 0.15) is 31.2 Å². The van der Waals surface area contributed by atoms with Crippen molar-refractivity contribution < 1.29 is 13.2 Å². The fraction of sp³-hybridized carbons (Fsp3) is 0.611. The van der Waals surface area contributed by atoms with Crippen molar-refractivity contribution in [3.05, 3.63) is 29.8 Å². The van der Waals surface area contributed by atoms with Gasteiger partial charge in [0.15, 0.2) is 9.84 Å². The number of amides is 1. The van der Waals surface area contributed by atoms with Crippen LogP contribution in [0.25, 0.3) is 0 Å². The third-order valence-electron chi connectivity index (χ3n) is 5.58. The summed E-state index contributed by atoms with van der Waals surface area (Å²) in [6.45, 7) is 2.24. The summed E-state index contributed by atoms with van der Waals surface area (Å²) in [7, 11) is -1.33. The largest absolute Gasteiger partial charge is 0.341 e. The summed E-state index contributed by atoms with van der Waals surface area (Å²) >= 11 is 0. The maximum atomic E-state index is 13.1. The molecule has 2 aliphatic rings. The third-order valence-corrected chi connectivity index (χ3v) is 6.71. The van der Waals surface area contributed by atoms with Gasteiger partial charge >= 0.3 is 0 Å². The topological polar surface area (TPSA) is 66.5 Å². The summed E-state index contributed by atoms with van der Waals surface area (Å²) in [5, 5.41) is 3.41. The number of hydrogen-bond donors (Lipinski definition) is 1. The second-order valence-corrected chi connectivity index (χ2v) is 9.32. The van der Waals surface area contributed by atoms with Crippen molar-refractivity contribution >= 4 is 28.2 Å². The van der Waals surface area contributed by atoms with Crippen molar-refractivity contribution in [3.63, 3.8) is 0 Å². The van der Waals surface area contributed by atoms with Crippen LogP contribution in [0.15, 0.2) is 29.2 Å². The molecular formula is C18H27ClN2O3S. The molecule has 2 atom stereocenters. The average Bonchev–Trinajstić information content (AvgIpc) is 2.98. The quantitative estimate of drug-likeness (QED) is 0.861. The van der Waals surface area contributed by atoms with Crippen LogP contribution in [-0.4, -0.2) is 45.6 Å². The van der Waals surface area contributed by atoms with E-state index in [0.29, 0.717) is 17.4 Å². The number of nitrogens with zero attached hydrogens (tertiary/aromatic N) is 1. The minimum atomic E-state index is -3.18. The van der Waals surface area contributed by atoms with Crippen LogP contribution in [-0.2, 0) is 21.2 Å². The van der Waals surface area contributed by atoms with Gasteiger partial charge in [-0.25, -0.2) is 8.42 Å². The summed E-state index contributed by atoms with van der Waals surface area (Å²) in [4.78, 5) is 15.2. The standard InChI is InChI=1S/C18H26N2O3S.ClH/c1-20(12-14-6-8-16(9-7-14)24(2,22)23)17(21)18-10-4-3-5-15(18)11-19-13-18;/h6-9,15,19H,3-5,10-13H2,1-2H3;1H/t15-,18+;/m0./s1. The lowest BCUT2D eigenvalue weighted by Gasteiger charge is -2.39. The maximum Gasteiger partial charge on any atom is 0.230 e. The number of fused-ring (bicyclic) bond motifs is 1. The lowest BCUT2D eigenvalue weighted by atomic mass is 9.67. The van der Waals surface area contributed by atoms with Gasteiger partial charge in [0, 0.05) is 26.4 Å².